The first kappa shape index (κ1) is 43.2. The van der Waals surface area contributed by atoms with Gasteiger partial charge in [-0.1, -0.05) is 75.7 Å². The number of carboxylic acid groups (broad SMARTS) is 1. The SMILES string of the molecule is C.CC(C)(C)OC(=O)CCc1ccccc1Br.CC(C)(C)OC(=O)OC(=O)OC(C)(C)C.O=C(O)CCc1ccccc1Br. The fourth-order valence-electron chi connectivity index (χ4n) is 2.88. The summed E-state index contributed by atoms with van der Waals surface area (Å²) in [4.78, 5) is 43.8. The zero-order chi connectivity index (χ0) is 33.4. The number of rotatable bonds is 6. The van der Waals surface area contributed by atoms with Gasteiger partial charge in [-0.05, 0) is 98.4 Å². The molecule has 0 spiro atoms. The summed E-state index contributed by atoms with van der Waals surface area (Å²) in [5.74, 6) is -0.908. The van der Waals surface area contributed by atoms with Crippen LogP contribution in [-0.2, 0) is 41.4 Å². The third kappa shape index (κ3) is 24.5. The number of hydrogen-bond donors (Lipinski definition) is 1. The maximum Gasteiger partial charge on any atom is 0.519 e. The third-order valence-corrected chi connectivity index (χ3v) is 6.04. The van der Waals surface area contributed by atoms with Crippen LogP contribution < -0.4 is 0 Å². The first-order valence-electron chi connectivity index (χ1n) is 13.6. The molecule has 0 fully saturated rings. The molecule has 0 unspecified atom stereocenters. The van der Waals surface area contributed by atoms with Crippen LogP contribution in [0.25, 0.3) is 0 Å². The van der Waals surface area contributed by atoms with Gasteiger partial charge >= 0.3 is 24.2 Å². The van der Waals surface area contributed by atoms with Gasteiger partial charge < -0.3 is 24.1 Å². The average Bonchev–Trinajstić information content (AvgIpc) is 2.80. The molecule has 0 saturated heterocycles. The lowest BCUT2D eigenvalue weighted by Crippen LogP contribution is -2.29. The van der Waals surface area contributed by atoms with Crippen molar-refractivity contribution in [3.63, 3.8) is 0 Å². The van der Waals surface area contributed by atoms with E-state index in [9.17, 15) is 19.2 Å². The van der Waals surface area contributed by atoms with Gasteiger partial charge in [0.25, 0.3) is 0 Å². The Morgan fingerprint density at radius 1 is 0.614 bits per heavy atom. The van der Waals surface area contributed by atoms with Crippen molar-refractivity contribution >= 4 is 56.1 Å². The lowest BCUT2D eigenvalue weighted by atomic mass is 10.1. The van der Waals surface area contributed by atoms with Crippen LogP contribution in [-0.4, -0.2) is 46.2 Å². The van der Waals surface area contributed by atoms with Gasteiger partial charge in [0.15, 0.2) is 0 Å². The third-order valence-electron chi connectivity index (χ3n) is 4.49. The highest BCUT2D eigenvalue weighted by molar-refractivity contribution is 9.10. The molecule has 0 aliphatic rings. The van der Waals surface area contributed by atoms with E-state index in [2.05, 4.69) is 36.6 Å². The van der Waals surface area contributed by atoms with Crippen LogP contribution in [0.1, 0.15) is 93.7 Å². The van der Waals surface area contributed by atoms with Gasteiger partial charge in [-0.25, -0.2) is 9.59 Å². The molecule has 2 aromatic carbocycles. The van der Waals surface area contributed by atoms with Crippen LogP contribution >= 0.6 is 31.9 Å². The molecule has 0 aliphatic heterocycles. The van der Waals surface area contributed by atoms with Crippen molar-refractivity contribution in [2.24, 2.45) is 0 Å². The van der Waals surface area contributed by atoms with E-state index in [1.807, 2.05) is 69.3 Å². The number of hydrogen-bond acceptors (Lipinski definition) is 8. The van der Waals surface area contributed by atoms with Gasteiger partial charge in [0, 0.05) is 21.8 Å². The summed E-state index contributed by atoms with van der Waals surface area (Å²) in [6.07, 6.45) is -0.233. The molecule has 0 amide bonds. The van der Waals surface area contributed by atoms with Crippen LogP contribution in [0.2, 0.25) is 0 Å². The van der Waals surface area contributed by atoms with Crippen LogP contribution in [0.3, 0.4) is 0 Å². The molecule has 2 rings (SSSR count). The summed E-state index contributed by atoms with van der Waals surface area (Å²) in [6, 6.07) is 15.6. The summed E-state index contributed by atoms with van der Waals surface area (Å²) >= 11 is 6.81. The minimum atomic E-state index is -1.06. The Labute approximate surface area is 279 Å². The monoisotopic (exact) mass is 746 g/mol. The molecule has 0 atom stereocenters. The van der Waals surface area contributed by atoms with Gasteiger partial charge in [-0.3, -0.25) is 9.59 Å². The summed E-state index contributed by atoms with van der Waals surface area (Å²) in [5, 5.41) is 8.45. The predicted octanol–water partition coefficient (Wildman–Crippen LogP) is 9.70. The largest absolute Gasteiger partial charge is 0.519 e. The van der Waals surface area contributed by atoms with E-state index >= 15 is 0 Å². The second kappa shape index (κ2) is 20.2. The van der Waals surface area contributed by atoms with E-state index in [-0.39, 0.29) is 19.8 Å². The second-order valence-corrected chi connectivity index (χ2v) is 13.9. The summed E-state index contributed by atoms with van der Waals surface area (Å²) in [5.41, 5.74) is 0.386. The highest BCUT2D eigenvalue weighted by atomic mass is 79.9. The maximum absolute atomic E-state index is 11.5. The minimum absolute atomic E-state index is 0. The number of halogens is 2. The van der Waals surface area contributed by atoms with E-state index in [1.54, 1.807) is 41.5 Å². The van der Waals surface area contributed by atoms with Gasteiger partial charge in [-0.2, -0.15) is 0 Å². The number of aliphatic carboxylic acids is 1. The van der Waals surface area contributed by atoms with Gasteiger partial charge in [-0.15, -0.1) is 0 Å². The molecule has 0 aromatic heterocycles. The van der Waals surface area contributed by atoms with Crippen molar-refractivity contribution in [3.8, 4) is 0 Å². The average molecular weight is 749 g/mol. The van der Waals surface area contributed by atoms with E-state index < -0.39 is 35.1 Å². The molecule has 44 heavy (non-hydrogen) atoms. The van der Waals surface area contributed by atoms with Crippen molar-refractivity contribution < 1.29 is 43.2 Å². The first-order chi connectivity index (χ1) is 19.6. The predicted molar refractivity (Wildman–Crippen MR) is 179 cm³/mol. The lowest BCUT2D eigenvalue weighted by Gasteiger charge is -2.20. The fourth-order valence-corrected chi connectivity index (χ4v) is 3.85. The number of carbonyl (C=O) groups is 4. The molecule has 0 radical (unpaired) electrons. The maximum atomic E-state index is 11.5. The van der Waals surface area contributed by atoms with Gasteiger partial charge in [0.05, 0.1) is 0 Å². The van der Waals surface area contributed by atoms with Crippen LogP contribution in [0.15, 0.2) is 57.5 Å². The molecule has 0 aliphatic carbocycles. The van der Waals surface area contributed by atoms with Crippen LogP contribution in [0.4, 0.5) is 9.59 Å². The van der Waals surface area contributed by atoms with E-state index in [4.69, 9.17) is 19.3 Å². The van der Waals surface area contributed by atoms with Gasteiger partial charge in [0.1, 0.15) is 16.8 Å². The number of aryl methyl sites for hydroxylation is 2. The zero-order valence-corrected chi connectivity index (χ0v) is 29.6. The molecule has 9 nitrogen and oxygen atoms in total. The van der Waals surface area contributed by atoms with E-state index in [0.717, 1.165) is 20.1 Å². The number of ether oxygens (including phenoxy) is 4. The number of carboxylic acids is 1. The molecule has 11 heteroatoms. The molecular weight excluding hydrogens is 700 g/mol. The smallest absolute Gasteiger partial charge is 0.481 e. The quantitative estimate of drug-likeness (QED) is 0.175. The summed E-state index contributed by atoms with van der Waals surface area (Å²) < 4.78 is 21.1. The number of benzene rings is 2. The Balaban J connectivity index is 0. The normalized spacial score (nSPS) is 10.8. The first-order valence-corrected chi connectivity index (χ1v) is 15.2. The Hall–Kier alpha value is -2.92. The number of carbonyl (C=O) groups excluding carboxylic acids is 3. The second-order valence-electron chi connectivity index (χ2n) is 12.2. The fraction of sp³-hybridized carbons (Fsp3) is 0.515. The zero-order valence-electron chi connectivity index (χ0n) is 26.4. The molecule has 0 heterocycles. The van der Waals surface area contributed by atoms with Crippen LogP contribution in [0, 0.1) is 0 Å². The lowest BCUT2D eigenvalue weighted by molar-refractivity contribution is -0.154. The Kier molecular flexibility index (Phi) is 19.8. The molecule has 248 valence electrons. The van der Waals surface area contributed by atoms with Crippen molar-refractivity contribution in [3.05, 3.63) is 68.6 Å². The molecule has 1 N–H and O–H groups in total. The van der Waals surface area contributed by atoms with Crippen molar-refractivity contribution in [2.45, 2.75) is 112 Å². The Morgan fingerprint density at radius 3 is 1.27 bits per heavy atom. The molecule has 0 bridgehead atoms. The highest BCUT2D eigenvalue weighted by Crippen LogP contribution is 2.19. The summed E-state index contributed by atoms with van der Waals surface area (Å²) in [6.45, 7) is 15.7. The van der Waals surface area contributed by atoms with Crippen LogP contribution in [0.5, 0.6) is 0 Å². The Morgan fingerprint density at radius 2 is 0.955 bits per heavy atom. The molecule has 2 aromatic rings. The van der Waals surface area contributed by atoms with Crippen molar-refractivity contribution in [1.29, 1.82) is 0 Å². The van der Waals surface area contributed by atoms with E-state index in [0.29, 0.717) is 19.3 Å². The summed E-state index contributed by atoms with van der Waals surface area (Å²) in [7, 11) is 0. The highest BCUT2D eigenvalue weighted by Gasteiger charge is 2.24. The van der Waals surface area contributed by atoms with E-state index in [1.165, 1.54) is 0 Å². The number of esters is 1. The molecular formula is C33H48Br2O9. The molecule has 0 saturated carbocycles. The van der Waals surface area contributed by atoms with Crippen molar-refractivity contribution in [1.82, 2.24) is 0 Å². The standard InChI is InChI=1S/C13H17BrO2.C10H18O5.C9H9BrO2.CH4/c1-13(2,3)16-12(15)9-8-10-6-4-5-7-11(10)14;1-9(2,3)14-7(11)13-8(12)15-10(4,5)6;10-8-4-2-1-3-7(8)5-6-9(11)12;/h4-7H,8-9H2,1-3H3;1-6H3;1-4H,5-6H2,(H,11,12);1H4. The topological polar surface area (TPSA) is 125 Å². The van der Waals surface area contributed by atoms with Gasteiger partial charge in [0.2, 0.25) is 0 Å². The minimum Gasteiger partial charge on any atom is -0.481 e. The van der Waals surface area contributed by atoms with Crippen molar-refractivity contribution in [2.75, 3.05) is 0 Å². The Bertz CT molecular complexity index is 1160.